The molecule has 21 heavy (non-hydrogen) atoms. The van der Waals surface area contributed by atoms with Gasteiger partial charge in [0.15, 0.2) is 0 Å². The minimum atomic E-state index is 0.854. The molecule has 3 heteroatoms. The predicted molar refractivity (Wildman–Crippen MR) is 87.4 cm³/mol. The lowest BCUT2D eigenvalue weighted by Crippen LogP contribution is -3.27. The van der Waals surface area contributed by atoms with Crippen molar-refractivity contribution in [3.8, 4) is 5.75 Å². The lowest BCUT2D eigenvalue weighted by Gasteiger charge is -2.27. The number of quaternary nitrogens is 2. The summed E-state index contributed by atoms with van der Waals surface area (Å²) in [6.07, 6.45) is 3.80. The van der Waals surface area contributed by atoms with Crippen LogP contribution in [0.15, 0.2) is 18.2 Å². The smallest absolute Gasteiger partial charge is 0.127 e. The number of hydrogen-bond donors (Lipinski definition) is 2. The number of benzene rings is 1. The quantitative estimate of drug-likeness (QED) is 0.690. The predicted octanol–water partition coefficient (Wildman–Crippen LogP) is 0.266. The van der Waals surface area contributed by atoms with Crippen molar-refractivity contribution in [2.24, 2.45) is 0 Å². The molecule has 1 saturated heterocycles. The molecule has 1 heterocycles. The molecule has 1 aromatic rings. The molecule has 0 unspecified atom stereocenters. The van der Waals surface area contributed by atoms with Crippen LogP contribution in [0.4, 0.5) is 0 Å². The van der Waals surface area contributed by atoms with Crippen molar-refractivity contribution in [1.82, 2.24) is 0 Å². The highest BCUT2D eigenvalue weighted by atomic mass is 16.5. The van der Waals surface area contributed by atoms with Crippen LogP contribution < -0.4 is 14.5 Å². The highest BCUT2D eigenvalue weighted by molar-refractivity contribution is 5.35. The first-order valence-corrected chi connectivity index (χ1v) is 8.50. The van der Waals surface area contributed by atoms with Crippen LogP contribution in [0.2, 0.25) is 0 Å². The van der Waals surface area contributed by atoms with E-state index in [1.165, 1.54) is 63.1 Å². The molecule has 2 N–H and O–H groups in total. The number of hydrogen-bond acceptors (Lipinski definition) is 1. The molecule has 2 rings (SSSR count). The van der Waals surface area contributed by atoms with Crippen molar-refractivity contribution in [1.29, 1.82) is 0 Å². The fourth-order valence-corrected chi connectivity index (χ4v) is 2.98. The molecule has 0 atom stereocenters. The standard InChI is InChI=1S/C18H30N2O/c1-16-7-8-17(2)18(15-16)21-14-6-4-5-9-20-12-10-19(3)11-13-20/h7-8,15H,4-6,9-14H2,1-3H3/p+2. The van der Waals surface area contributed by atoms with Gasteiger partial charge in [0.25, 0.3) is 0 Å². The van der Waals surface area contributed by atoms with Gasteiger partial charge in [-0.1, -0.05) is 12.1 Å². The Morgan fingerprint density at radius 3 is 2.52 bits per heavy atom. The topological polar surface area (TPSA) is 18.1 Å². The molecular weight excluding hydrogens is 260 g/mol. The fourth-order valence-electron chi connectivity index (χ4n) is 2.98. The van der Waals surface area contributed by atoms with E-state index in [0.29, 0.717) is 0 Å². The summed E-state index contributed by atoms with van der Waals surface area (Å²) in [6, 6.07) is 6.43. The molecule has 118 valence electrons. The number of unbranched alkanes of at least 4 members (excludes halogenated alkanes) is 2. The number of likely N-dealkylation sites (N-methyl/N-ethyl adjacent to an activating group) is 1. The first-order valence-electron chi connectivity index (χ1n) is 8.50. The van der Waals surface area contributed by atoms with E-state index in [-0.39, 0.29) is 0 Å². The Morgan fingerprint density at radius 2 is 1.76 bits per heavy atom. The molecule has 0 aromatic heterocycles. The normalized spacial score (nSPS) is 22.2. The molecule has 0 radical (unpaired) electrons. The summed E-state index contributed by atoms with van der Waals surface area (Å²) in [7, 11) is 2.31. The fraction of sp³-hybridized carbons (Fsp3) is 0.667. The van der Waals surface area contributed by atoms with Gasteiger partial charge in [0.1, 0.15) is 31.9 Å². The van der Waals surface area contributed by atoms with E-state index < -0.39 is 0 Å². The van der Waals surface area contributed by atoms with Crippen molar-refractivity contribution in [3.05, 3.63) is 29.3 Å². The molecular formula is C18H32N2O+2. The van der Waals surface area contributed by atoms with Crippen molar-refractivity contribution in [2.45, 2.75) is 33.1 Å². The maximum Gasteiger partial charge on any atom is 0.127 e. The van der Waals surface area contributed by atoms with E-state index in [2.05, 4.69) is 39.1 Å². The van der Waals surface area contributed by atoms with Gasteiger partial charge in [0.2, 0.25) is 0 Å². The van der Waals surface area contributed by atoms with E-state index in [1.54, 1.807) is 9.80 Å². The minimum absolute atomic E-state index is 0.854. The number of piperazine rings is 1. The molecule has 0 bridgehead atoms. The molecule has 1 fully saturated rings. The van der Waals surface area contributed by atoms with Gasteiger partial charge >= 0.3 is 0 Å². The average Bonchev–Trinajstić information content (AvgIpc) is 2.48. The zero-order valence-corrected chi connectivity index (χ0v) is 14.0. The van der Waals surface area contributed by atoms with Gasteiger partial charge < -0.3 is 14.5 Å². The minimum Gasteiger partial charge on any atom is -0.493 e. The summed E-state index contributed by atoms with van der Waals surface area (Å²) in [4.78, 5) is 3.50. The Morgan fingerprint density at radius 1 is 1.00 bits per heavy atom. The van der Waals surface area contributed by atoms with Gasteiger partial charge in [0, 0.05) is 0 Å². The summed E-state index contributed by atoms with van der Waals surface area (Å²) in [5.41, 5.74) is 2.52. The summed E-state index contributed by atoms with van der Waals surface area (Å²) >= 11 is 0. The van der Waals surface area contributed by atoms with Gasteiger partial charge in [-0.05, 0) is 50.3 Å². The molecule has 1 aliphatic heterocycles. The summed E-state index contributed by atoms with van der Waals surface area (Å²) in [5.74, 6) is 1.06. The van der Waals surface area contributed by atoms with E-state index in [0.717, 1.165) is 12.4 Å². The molecule has 0 aliphatic carbocycles. The van der Waals surface area contributed by atoms with E-state index in [1.807, 2.05) is 0 Å². The van der Waals surface area contributed by atoms with Gasteiger partial charge in [-0.25, -0.2) is 0 Å². The van der Waals surface area contributed by atoms with Crippen molar-refractivity contribution in [2.75, 3.05) is 46.4 Å². The van der Waals surface area contributed by atoms with Crippen LogP contribution in [0, 0.1) is 13.8 Å². The summed E-state index contributed by atoms with van der Waals surface area (Å²) in [6.45, 7) is 11.8. The second kappa shape index (κ2) is 8.40. The van der Waals surface area contributed by atoms with Gasteiger partial charge in [-0.3, -0.25) is 0 Å². The second-order valence-corrected chi connectivity index (χ2v) is 6.64. The third-order valence-corrected chi connectivity index (χ3v) is 4.59. The van der Waals surface area contributed by atoms with E-state index in [4.69, 9.17) is 4.74 Å². The Hall–Kier alpha value is -1.06. The largest absolute Gasteiger partial charge is 0.493 e. The van der Waals surface area contributed by atoms with E-state index in [9.17, 15) is 0 Å². The number of aryl methyl sites for hydroxylation is 2. The number of rotatable bonds is 7. The van der Waals surface area contributed by atoms with Crippen molar-refractivity contribution >= 4 is 0 Å². The zero-order valence-electron chi connectivity index (χ0n) is 14.0. The van der Waals surface area contributed by atoms with Crippen LogP contribution in [0.1, 0.15) is 30.4 Å². The Kier molecular flexibility index (Phi) is 6.52. The summed E-state index contributed by atoms with van der Waals surface area (Å²) < 4.78 is 5.91. The maximum absolute atomic E-state index is 5.91. The SMILES string of the molecule is Cc1ccc(C)c(OCCCCC[NH+]2CC[NH+](C)CC2)c1. The van der Waals surface area contributed by atoms with Crippen LogP contribution in [0.5, 0.6) is 5.75 Å². The van der Waals surface area contributed by atoms with Crippen LogP contribution >= 0.6 is 0 Å². The number of nitrogens with one attached hydrogen (secondary N) is 2. The monoisotopic (exact) mass is 292 g/mol. The van der Waals surface area contributed by atoms with Gasteiger partial charge in [0.05, 0.1) is 20.2 Å². The van der Waals surface area contributed by atoms with Crippen LogP contribution in [-0.4, -0.2) is 46.4 Å². The zero-order chi connectivity index (χ0) is 15.1. The van der Waals surface area contributed by atoms with Gasteiger partial charge in [-0.15, -0.1) is 0 Å². The molecule has 0 spiro atoms. The molecule has 1 aliphatic rings. The molecule has 3 nitrogen and oxygen atoms in total. The highest BCUT2D eigenvalue weighted by Crippen LogP contribution is 2.19. The van der Waals surface area contributed by atoms with E-state index >= 15 is 0 Å². The van der Waals surface area contributed by atoms with Gasteiger partial charge in [-0.2, -0.15) is 0 Å². The molecule has 1 aromatic carbocycles. The Balaban J connectivity index is 1.55. The number of ether oxygens (including phenoxy) is 1. The van der Waals surface area contributed by atoms with Crippen molar-refractivity contribution < 1.29 is 14.5 Å². The third kappa shape index (κ3) is 5.68. The van der Waals surface area contributed by atoms with Crippen LogP contribution in [0.25, 0.3) is 0 Å². The third-order valence-electron chi connectivity index (χ3n) is 4.59. The second-order valence-electron chi connectivity index (χ2n) is 6.64. The lowest BCUT2D eigenvalue weighted by atomic mass is 10.1. The van der Waals surface area contributed by atoms with Crippen molar-refractivity contribution in [3.63, 3.8) is 0 Å². The van der Waals surface area contributed by atoms with Crippen LogP contribution in [0.3, 0.4) is 0 Å². The first-order chi connectivity index (χ1) is 10.1. The highest BCUT2D eigenvalue weighted by Gasteiger charge is 2.18. The summed E-state index contributed by atoms with van der Waals surface area (Å²) in [5, 5.41) is 0. The Bertz CT molecular complexity index is 425. The molecule has 0 saturated carbocycles. The average molecular weight is 292 g/mol. The first kappa shape index (κ1) is 16.3. The maximum atomic E-state index is 5.91. The lowest BCUT2D eigenvalue weighted by molar-refractivity contribution is -1.00. The Labute approximate surface area is 129 Å². The van der Waals surface area contributed by atoms with Crippen LogP contribution in [-0.2, 0) is 0 Å². The molecule has 0 amide bonds.